The molecule has 0 amide bonds. The maximum absolute atomic E-state index is 6.43. The lowest BCUT2D eigenvalue weighted by Crippen LogP contribution is -1.89. The van der Waals surface area contributed by atoms with E-state index in [1.807, 2.05) is 0 Å². The Morgan fingerprint density at radius 3 is 2.16 bits per heavy atom. The highest BCUT2D eigenvalue weighted by Gasteiger charge is 2.12. The molecule has 0 spiro atoms. The van der Waals surface area contributed by atoms with E-state index in [9.17, 15) is 0 Å². The highest BCUT2D eigenvalue weighted by atomic mass is 79.9. The number of hydrogen-bond donors (Lipinski definition) is 0. The molecular formula is C16H26BrClS. The quantitative estimate of drug-likeness (QED) is 0.278. The van der Waals surface area contributed by atoms with Gasteiger partial charge in [0.25, 0.3) is 0 Å². The molecule has 19 heavy (non-hydrogen) atoms. The Bertz CT molecular complexity index is 324. The zero-order chi connectivity index (χ0) is 13.9. The van der Waals surface area contributed by atoms with Gasteiger partial charge in [-0.05, 0) is 33.8 Å². The summed E-state index contributed by atoms with van der Waals surface area (Å²) in [5, 5.41) is 2.30. The Hall–Kier alpha value is 0.470. The molecule has 0 saturated heterocycles. The lowest BCUT2D eigenvalue weighted by Gasteiger charge is -2.08. The molecule has 0 aromatic carbocycles. The number of alkyl halides is 1. The van der Waals surface area contributed by atoms with E-state index in [1.54, 1.807) is 11.3 Å². The molecule has 0 N–H and O–H groups in total. The minimum absolute atomic E-state index is 0.193. The average Bonchev–Trinajstić information content (AvgIpc) is 2.83. The zero-order valence-electron chi connectivity index (χ0n) is 12.0. The lowest BCUT2D eigenvalue weighted by atomic mass is 10.1. The number of rotatable bonds is 11. The van der Waals surface area contributed by atoms with Crippen LogP contribution in [-0.2, 0) is 0 Å². The standard InChI is InChI=1S/C16H26BrClS/c1-2-3-4-5-6-7-8-9-10-11-15(18)16-14(17)12-13-19-16/h12-13,15H,2-11H2,1H3. The van der Waals surface area contributed by atoms with Crippen LogP contribution < -0.4 is 0 Å². The largest absolute Gasteiger partial charge is 0.146 e. The predicted octanol–water partition coefficient (Wildman–Crippen LogP) is 7.71. The fraction of sp³-hybridized carbons (Fsp3) is 0.750. The summed E-state index contributed by atoms with van der Waals surface area (Å²) in [7, 11) is 0. The van der Waals surface area contributed by atoms with Crippen molar-refractivity contribution in [3.8, 4) is 0 Å². The zero-order valence-corrected chi connectivity index (χ0v) is 15.1. The topological polar surface area (TPSA) is 0 Å². The van der Waals surface area contributed by atoms with Gasteiger partial charge in [0.1, 0.15) is 0 Å². The summed E-state index contributed by atoms with van der Waals surface area (Å²) < 4.78 is 1.17. The molecule has 1 aromatic rings. The van der Waals surface area contributed by atoms with Crippen LogP contribution in [0.1, 0.15) is 81.4 Å². The molecule has 0 aliphatic carbocycles. The second kappa shape index (κ2) is 11.2. The second-order valence-corrected chi connectivity index (χ2v) is 7.55. The third kappa shape index (κ3) is 7.72. The predicted molar refractivity (Wildman–Crippen MR) is 92.5 cm³/mol. The lowest BCUT2D eigenvalue weighted by molar-refractivity contribution is 0.554. The highest BCUT2D eigenvalue weighted by molar-refractivity contribution is 9.10. The van der Waals surface area contributed by atoms with Gasteiger partial charge in [0.15, 0.2) is 0 Å². The first-order valence-corrected chi connectivity index (χ1v) is 9.73. The van der Waals surface area contributed by atoms with E-state index < -0.39 is 0 Å². The minimum Gasteiger partial charge on any atom is -0.146 e. The van der Waals surface area contributed by atoms with Crippen LogP contribution in [0.25, 0.3) is 0 Å². The van der Waals surface area contributed by atoms with Crippen LogP contribution in [-0.4, -0.2) is 0 Å². The van der Waals surface area contributed by atoms with Crippen molar-refractivity contribution in [2.75, 3.05) is 0 Å². The Balaban J connectivity index is 1.95. The summed E-state index contributed by atoms with van der Waals surface area (Å²) in [5.74, 6) is 0. The third-order valence-corrected chi connectivity index (χ3v) is 6.04. The fourth-order valence-corrected chi connectivity index (χ4v) is 4.51. The van der Waals surface area contributed by atoms with Crippen LogP contribution in [0.4, 0.5) is 0 Å². The SMILES string of the molecule is CCCCCCCCCCCC(Cl)c1sccc1Br. The minimum atomic E-state index is 0.193. The van der Waals surface area contributed by atoms with Crippen LogP contribution in [0, 0.1) is 0 Å². The van der Waals surface area contributed by atoms with Gasteiger partial charge in [-0.2, -0.15) is 0 Å². The first kappa shape index (κ1) is 17.5. The van der Waals surface area contributed by atoms with Gasteiger partial charge in [-0.3, -0.25) is 0 Å². The summed E-state index contributed by atoms with van der Waals surface area (Å²) in [6.07, 6.45) is 13.5. The van der Waals surface area contributed by atoms with E-state index >= 15 is 0 Å². The maximum Gasteiger partial charge on any atom is 0.0689 e. The Kier molecular flexibility index (Phi) is 10.3. The molecule has 0 nitrogen and oxygen atoms in total. The summed E-state index contributed by atoms with van der Waals surface area (Å²) in [6.45, 7) is 2.27. The van der Waals surface area contributed by atoms with Crippen molar-refractivity contribution in [3.05, 3.63) is 20.8 Å². The molecule has 110 valence electrons. The van der Waals surface area contributed by atoms with E-state index in [0.717, 1.165) is 6.42 Å². The van der Waals surface area contributed by atoms with Crippen LogP contribution in [0.15, 0.2) is 15.9 Å². The first-order valence-electron chi connectivity index (χ1n) is 7.62. The van der Waals surface area contributed by atoms with Gasteiger partial charge in [0.2, 0.25) is 0 Å². The van der Waals surface area contributed by atoms with Crippen molar-refractivity contribution in [2.45, 2.75) is 76.5 Å². The molecule has 0 bridgehead atoms. The maximum atomic E-state index is 6.43. The second-order valence-electron chi connectivity index (χ2n) is 5.22. The normalized spacial score (nSPS) is 12.8. The number of thiophene rings is 1. The van der Waals surface area contributed by atoms with E-state index in [2.05, 4.69) is 34.3 Å². The Labute approximate surface area is 136 Å². The molecule has 0 aliphatic heterocycles. The summed E-state index contributed by atoms with van der Waals surface area (Å²) in [6, 6.07) is 2.09. The highest BCUT2D eigenvalue weighted by Crippen LogP contribution is 2.36. The van der Waals surface area contributed by atoms with Gasteiger partial charge < -0.3 is 0 Å². The molecule has 1 rings (SSSR count). The van der Waals surface area contributed by atoms with Gasteiger partial charge in [0, 0.05) is 9.35 Å². The van der Waals surface area contributed by atoms with Gasteiger partial charge in [-0.15, -0.1) is 22.9 Å². The van der Waals surface area contributed by atoms with Crippen LogP contribution in [0.3, 0.4) is 0 Å². The molecule has 0 fully saturated rings. The molecule has 0 radical (unpaired) electrons. The molecule has 1 heterocycles. The Morgan fingerprint density at radius 2 is 1.63 bits per heavy atom. The summed E-state index contributed by atoms with van der Waals surface area (Å²) >= 11 is 11.7. The van der Waals surface area contributed by atoms with E-state index in [4.69, 9.17) is 11.6 Å². The number of halogens is 2. The van der Waals surface area contributed by atoms with Gasteiger partial charge in [0.05, 0.1) is 5.38 Å². The van der Waals surface area contributed by atoms with E-state index in [0.29, 0.717) is 0 Å². The van der Waals surface area contributed by atoms with Crippen LogP contribution in [0.5, 0.6) is 0 Å². The van der Waals surface area contributed by atoms with Crippen LogP contribution in [0.2, 0.25) is 0 Å². The summed E-state index contributed by atoms with van der Waals surface area (Å²) in [4.78, 5) is 1.29. The molecule has 3 heteroatoms. The molecule has 1 aromatic heterocycles. The molecule has 0 aliphatic rings. The molecule has 1 atom stereocenters. The van der Waals surface area contributed by atoms with E-state index in [-0.39, 0.29) is 5.38 Å². The fourth-order valence-electron chi connectivity index (χ4n) is 2.29. The molecule has 1 unspecified atom stereocenters. The van der Waals surface area contributed by atoms with Crippen molar-refractivity contribution in [3.63, 3.8) is 0 Å². The van der Waals surface area contributed by atoms with E-state index in [1.165, 1.54) is 67.1 Å². The first-order chi connectivity index (χ1) is 9.25. The summed E-state index contributed by atoms with van der Waals surface area (Å²) in [5.41, 5.74) is 0. The van der Waals surface area contributed by atoms with Crippen molar-refractivity contribution in [1.29, 1.82) is 0 Å². The van der Waals surface area contributed by atoms with Crippen molar-refractivity contribution >= 4 is 38.9 Å². The Morgan fingerprint density at radius 1 is 1.05 bits per heavy atom. The van der Waals surface area contributed by atoms with Gasteiger partial charge >= 0.3 is 0 Å². The monoisotopic (exact) mass is 364 g/mol. The molecule has 0 saturated carbocycles. The number of hydrogen-bond acceptors (Lipinski definition) is 1. The molecular weight excluding hydrogens is 340 g/mol. The van der Waals surface area contributed by atoms with Crippen molar-refractivity contribution in [2.24, 2.45) is 0 Å². The van der Waals surface area contributed by atoms with Crippen molar-refractivity contribution < 1.29 is 0 Å². The van der Waals surface area contributed by atoms with Gasteiger partial charge in [-0.25, -0.2) is 0 Å². The third-order valence-electron chi connectivity index (χ3n) is 3.49. The van der Waals surface area contributed by atoms with Crippen molar-refractivity contribution in [1.82, 2.24) is 0 Å². The number of unbranched alkanes of at least 4 members (excludes halogenated alkanes) is 8. The smallest absolute Gasteiger partial charge is 0.0689 e. The average molecular weight is 366 g/mol. The van der Waals surface area contributed by atoms with Crippen LogP contribution >= 0.6 is 38.9 Å². The van der Waals surface area contributed by atoms with Gasteiger partial charge in [-0.1, -0.05) is 64.7 Å².